The first-order chi connectivity index (χ1) is 8.83. The molecule has 1 unspecified atom stereocenters. The highest BCUT2D eigenvalue weighted by Gasteiger charge is 2.18. The molecule has 0 aromatic heterocycles. The highest BCUT2D eigenvalue weighted by Crippen LogP contribution is 2.27. The molecule has 0 aliphatic carbocycles. The van der Waals surface area contributed by atoms with Gasteiger partial charge in [0.25, 0.3) is 0 Å². The molecule has 0 bridgehead atoms. The van der Waals surface area contributed by atoms with Gasteiger partial charge in [-0.1, -0.05) is 0 Å². The van der Waals surface area contributed by atoms with Crippen LogP contribution in [0, 0.1) is 0 Å². The largest absolute Gasteiger partial charge is 0.385 e. The van der Waals surface area contributed by atoms with Crippen molar-refractivity contribution in [3.05, 3.63) is 23.8 Å². The Labute approximate surface area is 109 Å². The topological polar surface area (TPSA) is 24.5 Å². The predicted molar refractivity (Wildman–Crippen MR) is 75.5 cm³/mol. The molecule has 1 atom stereocenters. The summed E-state index contributed by atoms with van der Waals surface area (Å²) in [5.74, 6) is 0. The van der Waals surface area contributed by atoms with Crippen molar-refractivity contribution in [3.63, 3.8) is 0 Å². The zero-order chi connectivity index (χ0) is 12.4. The predicted octanol–water partition coefficient (Wildman–Crippen LogP) is 2.66. The van der Waals surface area contributed by atoms with Crippen LogP contribution in [0.5, 0.6) is 0 Å². The lowest BCUT2D eigenvalue weighted by molar-refractivity contribution is 0.116. The van der Waals surface area contributed by atoms with Crippen LogP contribution in [-0.2, 0) is 11.2 Å². The van der Waals surface area contributed by atoms with Crippen LogP contribution in [0.1, 0.15) is 24.8 Å². The Bertz CT molecular complexity index is 413. The average molecular weight is 246 g/mol. The van der Waals surface area contributed by atoms with Crippen LogP contribution in [0.3, 0.4) is 0 Å². The first-order valence-corrected chi connectivity index (χ1v) is 7.02. The number of rotatable bonds is 3. The van der Waals surface area contributed by atoms with Gasteiger partial charge in [0.2, 0.25) is 0 Å². The van der Waals surface area contributed by atoms with Crippen molar-refractivity contribution in [3.8, 4) is 0 Å². The van der Waals surface area contributed by atoms with Crippen molar-refractivity contribution < 1.29 is 4.74 Å². The van der Waals surface area contributed by atoms with E-state index in [-0.39, 0.29) is 0 Å². The molecule has 1 aromatic rings. The van der Waals surface area contributed by atoms with E-state index in [1.165, 1.54) is 42.6 Å². The minimum absolute atomic E-state index is 0.421. The molecule has 98 valence electrons. The Morgan fingerprint density at radius 3 is 3.17 bits per heavy atom. The van der Waals surface area contributed by atoms with Gasteiger partial charge in [0, 0.05) is 38.1 Å². The molecule has 2 aliphatic rings. The van der Waals surface area contributed by atoms with Crippen LogP contribution in [-0.4, -0.2) is 32.8 Å². The molecule has 0 amide bonds. The lowest BCUT2D eigenvalue weighted by atomic mass is 10.0. The zero-order valence-electron chi connectivity index (χ0n) is 11.1. The van der Waals surface area contributed by atoms with Gasteiger partial charge in [-0.15, -0.1) is 0 Å². The fraction of sp³-hybridized carbons (Fsp3) is 0.600. The summed E-state index contributed by atoms with van der Waals surface area (Å²) in [4.78, 5) is 2.32. The van der Waals surface area contributed by atoms with Crippen LogP contribution in [0.4, 0.5) is 11.4 Å². The third-order valence-corrected chi connectivity index (χ3v) is 3.97. The highest BCUT2D eigenvalue weighted by atomic mass is 16.5. The number of ether oxygens (including phenoxy) is 1. The molecule has 0 spiro atoms. The fourth-order valence-corrected chi connectivity index (χ4v) is 2.90. The van der Waals surface area contributed by atoms with Gasteiger partial charge in [-0.3, -0.25) is 0 Å². The molecule has 0 saturated carbocycles. The second-order valence-electron chi connectivity index (χ2n) is 5.39. The van der Waals surface area contributed by atoms with E-state index < -0.39 is 0 Å². The number of likely N-dealkylation sites (N-methyl/N-ethyl adjacent to an activating group) is 1. The number of nitrogens with one attached hydrogen (secondary N) is 1. The van der Waals surface area contributed by atoms with E-state index in [0.717, 1.165) is 19.7 Å². The van der Waals surface area contributed by atoms with Gasteiger partial charge in [0.15, 0.2) is 0 Å². The van der Waals surface area contributed by atoms with Crippen molar-refractivity contribution in [1.29, 1.82) is 0 Å². The van der Waals surface area contributed by atoms with Gasteiger partial charge < -0.3 is 15.0 Å². The third kappa shape index (κ3) is 2.46. The molecule has 0 radical (unpaired) electrons. The first-order valence-electron chi connectivity index (χ1n) is 7.02. The van der Waals surface area contributed by atoms with Crippen molar-refractivity contribution in [1.82, 2.24) is 0 Å². The molecule has 2 heterocycles. The number of benzene rings is 1. The third-order valence-electron chi connectivity index (χ3n) is 3.97. The molecule has 1 N–H and O–H groups in total. The maximum atomic E-state index is 5.70. The maximum absolute atomic E-state index is 5.70. The van der Waals surface area contributed by atoms with E-state index in [1.54, 1.807) is 0 Å². The molecule has 3 heteroatoms. The number of nitrogens with zero attached hydrogens (tertiary/aromatic N) is 1. The van der Waals surface area contributed by atoms with E-state index in [4.69, 9.17) is 4.74 Å². The standard InChI is InChI=1S/C15H22N2O/c1-17(11-14-5-3-9-18-14)13-6-7-15-12(10-13)4-2-8-16-15/h6-7,10,14,16H,2-5,8-9,11H2,1H3. The number of hydrogen-bond donors (Lipinski definition) is 1. The normalized spacial score (nSPS) is 22.4. The lowest BCUT2D eigenvalue weighted by Crippen LogP contribution is -2.28. The maximum Gasteiger partial charge on any atom is 0.0750 e. The summed E-state index contributed by atoms with van der Waals surface area (Å²) in [6.07, 6.45) is 5.28. The molecular formula is C15H22N2O. The SMILES string of the molecule is CN(CC1CCCO1)c1ccc2c(c1)CCCN2. The van der Waals surface area contributed by atoms with Gasteiger partial charge in [0.1, 0.15) is 0 Å². The quantitative estimate of drug-likeness (QED) is 0.887. The number of anilines is 2. The van der Waals surface area contributed by atoms with Gasteiger partial charge in [0.05, 0.1) is 6.10 Å². The number of hydrogen-bond acceptors (Lipinski definition) is 3. The molecule has 1 aromatic carbocycles. The summed E-state index contributed by atoms with van der Waals surface area (Å²) < 4.78 is 5.70. The van der Waals surface area contributed by atoms with Crippen molar-refractivity contribution in [2.45, 2.75) is 31.8 Å². The Kier molecular flexibility index (Phi) is 3.41. The summed E-state index contributed by atoms with van der Waals surface area (Å²) in [7, 11) is 2.17. The lowest BCUT2D eigenvalue weighted by Gasteiger charge is -2.25. The second kappa shape index (κ2) is 5.19. The molecule has 1 saturated heterocycles. The smallest absolute Gasteiger partial charge is 0.0750 e. The Balaban J connectivity index is 1.70. The van der Waals surface area contributed by atoms with Crippen LogP contribution in [0.25, 0.3) is 0 Å². The molecule has 3 nitrogen and oxygen atoms in total. The van der Waals surface area contributed by atoms with E-state index in [2.05, 4.69) is 35.5 Å². The van der Waals surface area contributed by atoms with Crippen molar-refractivity contribution in [2.24, 2.45) is 0 Å². The Morgan fingerprint density at radius 1 is 1.39 bits per heavy atom. The summed E-state index contributed by atoms with van der Waals surface area (Å²) in [5.41, 5.74) is 4.08. The molecule has 2 aliphatic heterocycles. The van der Waals surface area contributed by atoms with E-state index in [0.29, 0.717) is 6.10 Å². The number of fused-ring (bicyclic) bond motifs is 1. The van der Waals surface area contributed by atoms with Gasteiger partial charge in [-0.2, -0.15) is 0 Å². The summed E-state index contributed by atoms with van der Waals surface area (Å²) in [6, 6.07) is 6.76. The minimum Gasteiger partial charge on any atom is -0.385 e. The Hall–Kier alpha value is -1.22. The zero-order valence-corrected chi connectivity index (χ0v) is 11.1. The van der Waals surface area contributed by atoms with E-state index in [9.17, 15) is 0 Å². The van der Waals surface area contributed by atoms with Gasteiger partial charge in [-0.05, 0) is 49.4 Å². The van der Waals surface area contributed by atoms with Crippen LogP contribution in [0.15, 0.2) is 18.2 Å². The summed E-state index contributed by atoms with van der Waals surface area (Å²) >= 11 is 0. The number of aryl methyl sites for hydroxylation is 1. The summed E-state index contributed by atoms with van der Waals surface area (Å²) in [6.45, 7) is 3.05. The monoisotopic (exact) mass is 246 g/mol. The molecular weight excluding hydrogens is 224 g/mol. The van der Waals surface area contributed by atoms with Gasteiger partial charge >= 0.3 is 0 Å². The summed E-state index contributed by atoms with van der Waals surface area (Å²) in [5, 5.41) is 3.46. The highest BCUT2D eigenvalue weighted by molar-refractivity contribution is 5.61. The van der Waals surface area contributed by atoms with Crippen molar-refractivity contribution in [2.75, 3.05) is 37.0 Å². The molecule has 3 rings (SSSR count). The van der Waals surface area contributed by atoms with E-state index >= 15 is 0 Å². The van der Waals surface area contributed by atoms with Crippen LogP contribution >= 0.6 is 0 Å². The van der Waals surface area contributed by atoms with Crippen molar-refractivity contribution >= 4 is 11.4 Å². The van der Waals surface area contributed by atoms with Gasteiger partial charge in [-0.25, -0.2) is 0 Å². The molecule has 1 fully saturated rings. The second-order valence-corrected chi connectivity index (χ2v) is 5.39. The Morgan fingerprint density at radius 2 is 2.33 bits per heavy atom. The minimum atomic E-state index is 0.421. The fourth-order valence-electron chi connectivity index (χ4n) is 2.90. The van der Waals surface area contributed by atoms with E-state index in [1.807, 2.05) is 0 Å². The average Bonchev–Trinajstić information content (AvgIpc) is 2.91. The van der Waals surface area contributed by atoms with Crippen LogP contribution < -0.4 is 10.2 Å². The van der Waals surface area contributed by atoms with Crippen LogP contribution in [0.2, 0.25) is 0 Å². The molecule has 18 heavy (non-hydrogen) atoms. The first kappa shape index (κ1) is 11.8.